The van der Waals surface area contributed by atoms with Crippen molar-refractivity contribution in [3.63, 3.8) is 0 Å². The van der Waals surface area contributed by atoms with Crippen LogP contribution in [0.25, 0.3) is 0 Å². The predicted molar refractivity (Wildman–Crippen MR) is 82.3 cm³/mol. The summed E-state index contributed by atoms with van der Waals surface area (Å²) < 4.78 is 24.5. The van der Waals surface area contributed by atoms with Gasteiger partial charge in [0, 0.05) is 0 Å². The van der Waals surface area contributed by atoms with E-state index in [1.54, 1.807) is 0 Å². The molecule has 2 heterocycles. The van der Waals surface area contributed by atoms with Crippen molar-refractivity contribution in [3.8, 4) is 0 Å². The molecular formula is C18H26O4. The van der Waals surface area contributed by atoms with Crippen LogP contribution in [0.1, 0.15) is 53.4 Å². The number of fused-ring (bicyclic) bond motifs is 2. The van der Waals surface area contributed by atoms with Gasteiger partial charge < -0.3 is 18.9 Å². The van der Waals surface area contributed by atoms with Crippen molar-refractivity contribution in [2.75, 3.05) is 0 Å². The minimum Gasteiger partial charge on any atom is -0.344 e. The average Bonchev–Trinajstić information content (AvgIpc) is 2.90. The monoisotopic (exact) mass is 306 g/mol. The zero-order valence-corrected chi connectivity index (χ0v) is 13.9. The van der Waals surface area contributed by atoms with Crippen LogP contribution in [0.4, 0.5) is 0 Å². The minimum atomic E-state index is -0.500. The average molecular weight is 306 g/mol. The topological polar surface area (TPSA) is 36.9 Å². The summed E-state index contributed by atoms with van der Waals surface area (Å²) in [5.41, 5.74) is 2.52. The Morgan fingerprint density at radius 1 is 0.727 bits per heavy atom. The highest BCUT2D eigenvalue weighted by Crippen LogP contribution is 2.45. The molecule has 4 heteroatoms. The first-order chi connectivity index (χ1) is 10.3. The SMILES string of the molecule is CC1(C)O[C@H]2CCC=C(C3=CCC[C@@H]4OC(C)(C)O[C@H]34)[C@H]2O1. The van der Waals surface area contributed by atoms with Gasteiger partial charge in [-0.15, -0.1) is 0 Å². The molecule has 22 heavy (non-hydrogen) atoms. The lowest BCUT2D eigenvalue weighted by Crippen LogP contribution is -2.35. The summed E-state index contributed by atoms with van der Waals surface area (Å²) in [5.74, 6) is -1.00. The van der Waals surface area contributed by atoms with Gasteiger partial charge in [-0.3, -0.25) is 0 Å². The van der Waals surface area contributed by atoms with Gasteiger partial charge in [0.05, 0.1) is 12.2 Å². The molecule has 2 saturated heterocycles. The third-order valence-electron chi connectivity index (χ3n) is 4.94. The maximum atomic E-state index is 6.19. The molecule has 0 aromatic rings. The molecule has 4 aliphatic rings. The van der Waals surface area contributed by atoms with Gasteiger partial charge in [0.1, 0.15) is 12.2 Å². The number of allylic oxidation sites excluding steroid dienone is 2. The van der Waals surface area contributed by atoms with Crippen molar-refractivity contribution in [1.29, 1.82) is 0 Å². The quantitative estimate of drug-likeness (QED) is 0.743. The van der Waals surface area contributed by atoms with Crippen LogP contribution in [-0.2, 0) is 18.9 Å². The second-order valence-corrected chi connectivity index (χ2v) is 7.66. The molecule has 2 fully saturated rings. The fraction of sp³-hybridized carbons (Fsp3) is 0.778. The van der Waals surface area contributed by atoms with Crippen LogP contribution in [0.5, 0.6) is 0 Å². The third-order valence-corrected chi connectivity index (χ3v) is 4.94. The fourth-order valence-corrected chi connectivity index (χ4v) is 4.22. The Bertz CT molecular complexity index is 483. The maximum Gasteiger partial charge on any atom is 0.164 e. The van der Waals surface area contributed by atoms with Gasteiger partial charge in [-0.25, -0.2) is 0 Å². The van der Waals surface area contributed by atoms with Gasteiger partial charge in [0.2, 0.25) is 0 Å². The van der Waals surface area contributed by atoms with Crippen LogP contribution in [0, 0.1) is 0 Å². The smallest absolute Gasteiger partial charge is 0.164 e. The van der Waals surface area contributed by atoms with E-state index in [0.717, 1.165) is 25.7 Å². The van der Waals surface area contributed by atoms with Crippen LogP contribution in [0.15, 0.2) is 23.3 Å². The second kappa shape index (κ2) is 4.91. The summed E-state index contributed by atoms with van der Waals surface area (Å²) in [7, 11) is 0. The van der Waals surface area contributed by atoms with E-state index in [0.29, 0.717) is 0 Å². The van der Waals surface area contributed by atoms with Gasteiger partial charge in [-0.05, 0) is 64.5 Å². The number of rotatable bonds is 1. The molecule has 0 bridgehead atoms. The van der Waals surface area contributed by atoms with Crippen molar-refractivity contribution in [2.45, 2.75) is 89.4 Å². The summed E-state index contributed by atoms with van der Waals surface area (Å²) in [4.78, 5) is 0. The van der Waals surface area contributed by atoms with Crippen molar-refractivity contribution in [2.24, 2.45) is 0 Å². The molecule has 4 atom stereocenters. The summed E-state index contributed by atoms with van der Waals surface area (Å²) in [6.07, 6.45) is 9.14. The van der Waals surface area contributed by atoms with Gasteiger partial charge in [-0.2, -0.15) is 0 Å². The largest absolute Gasteiger partial charge is 0.344 e. The highest BCUT2D eigenvalue weighted by molar-refractivity contribution is 5.42. The lowest BCUT2D eigenvalue weighted by Gasteiger charge is -2.32. The summed E-state index contributed by atoms with van der Waals surface area (Å²) >= 11 is 0. The van der Waals surface area contributed by atoms with Gasteiger partial charge >= 0.3 is 0 Å². The summed E-state index contributed by atoms with van der Waals surface area (Å²) in [6.45, 7) is 8.00. The van der Waals surface area contributed by atoms with E-state index in [1.807, 2.05) is 27.7 Å². The number of hydrogen-bond donors (Lipinski definition) is 0. The van der Waals surface area contributed by atoms with Crippen LogP contribution in [0.3, 0.4) is 0 Å². The Labute approximate surface area is 132 Å². The van der Waals surface area contributed by atoms with Crippen LogP contribution < -0.4 is 0 Å². The maximum absolute atomic E-state index is 6.19. The fourth-order valence-electron chi connectivity index (χ4n) is 4.22. The molecule has 4 nitrogen and oxygen atoms in total. The van der Waals surface area contributed by atoms with Gasteiger partial charge in [0.25, 0.3) is 0 Å². The first-order valence-corrected chi connectivity index (χ1v) is 8.46. The van der Waals surface area contributed by atoms with Crippen LogP contribution >= 0.6 is 0 Å². The molecule has 0 unspecified atom stereocenters. The molecule has 0 aromatic carbocycles. The number of ether oxygens (including phenoxy) is 4. The molecule has 4 rings (SSSR count). The van der Waals surface area contributed by atoms with E-state index in [-0.39, 0.29) is 24.4 Å². The summed E-state index contributed by atoms with van der Waals surface area (Å²) in [5, 5.41) is 0. The number of hydrogen-bond acceptors (Lipinski definition) is 4. The van der Waals surface area contributed by atoms with Crippen LogP contribution in [-0.4, -0.2) is 36.0 Å². The lowest BCUT2D eigenvalue weighted by molar-refractivity contribution is -0.145. The zero-order chi connectivity index (χ0) is 15.5. The molecule has 0 saturated carbocycles. The van der Waals surface area contributed by atoms with Crippen molar-refractivity contribution >= 4 is 0 Å². The second-order valence-electron chi connectivity index (χ2n) is 7.66. The van der Waals surface area contributed by atoms with E-state index >= 15 is 0 Å². The molecule has 0 N–H and O–H groups in total. The zero-order valence-electron chi connectivity index (χ0n) is 13.9. The Balaban J connectivity index is 1.63. The molecule has 122 valence electrons. The van der Waals surface area contributed by atoms with E-state index in [9.17, 15) is 0 Å². The Morgan fingerprint density at radius 3 is 1.55 bits per heavy atom. The predicted octanol–water partition coefficient (Wildman–Crippen LogP) is 3.47. The van der Waals surface area contributed by atoms with E-state index in [1.165, 1.54) is 11.1 Å². The van der Waals surface area contributed by atoms with Crippen molar-refractivity contribution in [1.82, 2.24) is 0 Å². The Hall–Kier alpha value is -0.680. The molecule has 2 aliphatic carbocycles. The van der Waals surface area contributed by atoms with Crippen molar-refractivity contribution < 1.29 is 18.9 Å². The molecule has 0 aromatic heterocycles. The molecular weight excluding hydrogens is 280 g/mol. The molecule has 2 aliphatic heterocycles. The Morgan fingerprint density at radius 2 is 1.14 bits per heavy atom. The highest BCUT2D eigenvalue weighted by atomic mass is 16.8. The molecule has 0 spiro atoms. The minimum absolute atomic E-state index is 0.0288. The van der Waals surface area contributed by atoms with Crippen molar-refractivity contribution in [3.05, 3.63) is 23.3 Å². The van der Waals surface area contributed by atoms with Gasteiger partial charge in [-0.1, -0.05) is 12.2 Å². The third kappa shape index (κ3) is 2.46. The first kappa shape index (κ1) is 14.9. The Kier molecular flexibility index (Phi) is 3.32. The van der Waals surface area contributed by atoms with E-state index < -0.39 is 11.6 Å². The highest BCUT2D eigenvalue weighted by Gasteiger charge is 2.49. The molecule has 0 radical (unpaired) electrons. The van der Waals surface area contributed by atoms with E-state index in [2.05, 4.69) is 12.2 Å². The normalized spacial score (nSPS) is 42.4. The van der Waals surface area contributed by atoms with Crippen LogP contribution in [0.2, 0.25) is 0 Å². The first-order valence-electron chi connectivity index (χ1n) is 8.46. The molecule has 0 amide bonds. The lowest BCUT2D eigenvalue weighted by atomic mass is 9.82. The standard InChI is InChI=1S/C18H26O4/c1-17(2)19-13-9-5-7-11(15(13)21-17)12-8-6-10-14-16(12)22-18(3,4)20-14/h7-8,13-16H,5-6,9-10H2,1-4H3/t13-,14-,15+,16+/m0/s1. The van der Waals surface area contributed by atoms with E-state index in [4.69, 9.17) is 18.9 Å². The summed E-state index contributed by atoms with van der Waals surface area (Å²) in [6, 6.07) is 0. The van der Waals surface area contributed by atoms with Gasteiger partial charge in [0.15, 0.2) is 11.6 Å².